The first kappa shape index (κ1) is 17.3. The molecule has 0 aliphatic carbocycles. The Morgan fingerprint density at radius 3 is 2.59 bits per heavy atom. The lowest BCUT2D eigenvalue weighted by atomic mass is 10.2. The highest BCUT2D eigenvalue weighted by Gasteiger charge is 2.41. The van der Waals surface area contributed by atoms with Crippen LogP contribution in [0.5, 0.6) is 0 Å². The van der Waals surface area contributed by atoms with Gasteiger partial charge in [0.25, 0.3) is 0 Å². The summed E-state index contributed by atoms with van der Waals surface area (Å²) in [7, 11) is 0. The van der Waals surface area contributed by atoms with Crippen molar-refractivity contribution in [3.8, 4) is 0 Å². The lowest BCUT2D eigenvalue weighted by Gasteiger charge is -2.28. The molecule has 0 saturated carbocycles. The summed E-state index contributed by atoms with van der Waals surface area (Å²) in [6.45, 7) is 7.47. The molecule has 4 rings (SSSR count). The van der Waals surface area contributed by atoms with Gasteiger partial charge in [0.05, 0.1) is 5.69 Å². The number of nitrogens with two attached hydrogens (primary N) is 1. The molecule has 2 aliphatic rings. The molecule has 27 heavy (non-hydrogen) atoms. The fourth-order valence-corrected chi connectivity index (χ4v) is 3.45. The molecule has 3 heterocycles. The zero-order valence-electron chi connectivity index (χ0n) is 15.8. The Labute approximate surface area is 158 Å². The zero-order valence-corrected chi connectivity index (χ0v) is 15.8. The van der Waals surface area contributed by atoms with Crippen LogP contribution in [0.4, 0.5) is 0 Å². The molecule has 0 spiro atoms. The van der Waals surface area contributed by atoms with Crippen LogP contribution in [0.1, 0.15) is 23.9 Å². The van der Waals surface area contributed by atoms with E-state index in [0.717, 1.165) is 29.5 Å². The number of rotatable bonds is 3. The molecule has 8 heteroatoms. The average molecular weight is 364 g/mol. The largest absolute Gasteiger partial charge is 0.385 e. The Kier molecular flexibility index (Phi) is 4.39. The van der Waals surface area contributed by atoms with Gasteiger partial charge in [-0.25, -0.2) is 14.7 Å². The number of aromatic nitrogens is 2. The number of aryl methyl sites for hydroxylation is 2. The molecule has 0 saturated heterocycles. The number of fused-ring (bicyclic) bond motifs is 1. The SMILES string of the molecule is CCN1C(n2nc(C)cc2C)=NC2C(N)=NC(NCc3ccccc3)=NC21. The van der Waals surface area contributed by atoms with E-state index in [9.17, 15) is 0 Å². The van der Waals surface area contributed by atoms with Crippen molar-refractivity contribution in [3.05, 3.63) is 53.3 Å². The predicted octanol–water partition coefficient (Wildman–Crippen LogP) is 1.25. The van der Waals surface area contributed by atoms with Gasteiger partial charge in [0.2, 0.25) is 11.9 Å². The van der Waals surface area contributed by atoms with Gasteiger partial charge >= 0.3 is 0 Å². The lowest BCUT2D eigenvalue weighted by molar-refractivity contribution is 0.338. The highest BCUT2D eigenvalue weighted by Crippen LogP contribution is 2.23. The predicted molar refractivity (Wildman–Crippen MR) is 107 cm³/mol. The molecule has 2 unspecified atom stereocenters. The number of hydrogen-bond donors (Lipinski definition) is 2. The highest BCUT2D eigenvalue weighted by atomic mass is 15.5. The summed E-state index contributed by atoms with van der Waals surface area (Å²) in [6, 6.07) is 11.9. The highest BCUT2D eigenvalue weighted by molar-refractivity contribution is 6.03. The van der Waals surface area contributed by atoms with E-state index >= 15 is 0 Å². The Balaban J connectivity index is 1.59. The van der Waals surface area contributed by atoms with Crippen molar-refractivity contribution in [2.24, 2.45) is 20.7 Å². The summed E-state index contributed by atoms with van der Waals surface area (Å²) in [6.07, 6.45) is -0.204. The van der Waals surface area contributed by atoms with Crippen LogP contribution in [0.3, 0.4) is 0 Å². The summed E-state index contributed by atoms with van der Waals surface area (Å²) < 4.78 is 1.86. The number of benzene rings is 1. The van der Waals surface area contributed by atoms with Crippen LogP contribution in [0, 0.1) is 13.8 Å². The minimum atomic E-state index is -0.286. The molecule has 2 aliphatic heterocycles. The quantitative estimate of drug-likeness (QED) is 0.857. The molecular weight excluding hydrogens is 340 g/mol. The second-order valence-corrected chi connectivity index (χ2v) is 6.74. The third kappa shape index (κ3) is 3.18. The van der Waals surface area contributed by atoms with Gasteiger partial charge in [0.1, 0.15) is 5.84 Å². The summed E-state index contributed by atoms with van der Waals surface area (Å²) >= 11 is 0. The number of nitrogens with one attached hydrogen (secondary N) is 1. The molecule has 0 fully saturated rings. The first-order chi connectivity index (χ1) is 13.1. The fraction of sp³-hybridized carbons (Fsp3) is 0.368. The second kappa shape index (κ2) is 6.86. The Morgan fingerprint density at radius 2 is 1.93 bits per heavy atom. The van der Waals surface area contributed by atoms with Crippen molar-refractivity contribution >= 4 is 17.8 Å². The van der Waals surface area contributed by atoms with Gasteiger partial charge < -0.3 is 16.0 Å². The van der Waals surface area contributed by atoms with Gasteiger partial charge in [-0.1, -0.05) is 30.3 Å². The summed E-state index contributed by atoms with van der Waals surface area (Å²) in [5.74, 6) is 1.78. The topological polar surface area (TPSA) is 96.2 Å². The van der Waals surface area contributed by atoms with Gasteiger partial charge in [-0.15, -0.1) is 0 Å². The van der Waals surface area contributed by atoms with E-state index < -0.39 is 0 Å². The van der Waals surface area contributed by atoms with Crippen LogP contribution >= 0.6 is 0 Å². The normalized spacial score (nSPS) is 21.4. The molecule has 0 radical (unpaired) electrons. The van der Waals surface area contributed by atoms with Crippen molar-refractivity contribution in [1.29, 1.82) is 0 Å². The van der Waals surface area contributed by atoms with Gasteiger partial charge in [-0.3, -0.25) is 0 Å². The molecule has 0 amide bonds. The summed E-state index contributed by atoms with van der Waals surface area (Å²) in [5, 5.41) is 7.85. The van der Waals surface area contributed by atoms with E-state index in [1.807, 2.05) is 42.8 Å². The maximum absolute atomic E-state index is 6.25. The van der Waals surface area contributed by atoms with Crippen molar-refractivity contribution in [2.75, 3.05) is 6.54 Å². The molecule has 8 nitrogen and oxygen atoms in total. The van der Waals surface area contributed by atoms with Crippen LogP contribution in [0.2, 0.25) is 0 Å². The smallest absolute Gasteiger partial charge is 0.224 e. The molecule has 1 aromatic heterocycles. The minimum Gasteiger partial charge on any atom is -0.385 e. The number of likely N-dealkylation sites (N-methyl/N-ethyl adjacent to an activating group) is 1. The molecular formula is C19H24N8. The van der Waals surface area contributed by atoms with Gasteiger partial charge in [0.15, 0.2) is 12.2 Å². The van der Waals surface area contributed by atoms with Crippen molar-refractivity contribution in [2.45, 2.75) is 39.5 Å². The van der Waals surface area contributed by atoms with E-state index in [0.29, 0.717) is 18.3 Å². The Morgan fingerprint density at radius 1 is 1.15 bits per heavy atom. The number of guanidine groups is 1. The number of hydrogen-bond acceptors (Lipinski definition) is 7. The monoisotopic (exact) mass is 364 g/mol. The van der Waals surface area contributed by atoms with Gasteiger partial charge in [-0.2, -0.15) is 10.1 Å². The summed E-state index contributed by atoms with van der Waals surface area (Å²) in [5.41, 5.74) is 9.39. The standard InChI is InChI=1S/C19H24N8/c1-4-26-17-15(22-19(26)27-13(3)10-12(2)25-27)16(20)23-18(24-17)21-11-14-8-6-5-7-9-14/h5-10,15,17H,4,11H2,1-3H3,(H3,20,21,23,24). The van der Waals surface area contributed by atoms with Crippen molar-refractivity contribution < 1.29 is 0 Å². The fourth-order valence-electron chi connectivity index (χ4n) is 3.45. The van der Waals surface area contributed by atoms with Crippen molar-refractivity contribution in [3.63, 3.8) is 0 Å². The first-order valence-electron chi connectivity index (χ1n) is 9.14. The minimum absolute atomic E-state index is 0.204. The van der Waals surface area contributed by atoms with Crippen LogP contribution < -0.4 is 11.1 Å². The van der Waals surface area contributed by atoms with Gasteiger partial charge in [-0.05, 0) is 32.4 Å². The van der Waals surface area contributed by atoms with E-state index in [1.165, 1.54) is 0 Å². The lowest BCUT2D eigenvalue weighted by Crippen LogP contribution is -2.48. The van der Waals surface area contributed by atoms with Crippen LogP contribution in [-0.2, 0) is 6.54 Å². The Hall–Kier alpha value is -3.16. The maximum Gasteiger partial charge on any atom is 0.224 e. The van der Waals surface area contributed by atoms with E-state index in [2.05, 4.69) is 39.4 Å². The third-order valence-corrected chi connectivity index (χ3v) is 4.74. The molecule has 3 N–H and O–H groups in total. The first-order valence-corrected chi connectivity index (χ1v) is 9.14. The maximum atomic E-state index is 6.25. The van der Waals surface area contributed by atoms with Crippen LogP contribution in [-0.4, -0.2) is 51.2 Å². The summed E-state index contributed by atoms with van der Waals surface area (Å²) in [4.78, 5) is 16.1. The molecule has 2 atom stereocenters. The molecule has 2 aromatic rings. The van der Waals surface area contributed by atoms with Gasteiger partial charge in [0, 0.05) is 18.8 Å². The van der Waals surface area contributed by atoms with E-state index in [-0.39, 0.29) is 12.2 Å². The molecule has 140 valence electrons. The number of amidine groups is 1. The average Bonchev–Trinajstić information content (AvgIpc) is 3.20. The van der Waals surface area contributed by atoms with Crippen molar-refractivity contribution in [1.82, 2.24) is 20.0 Å². The van der Waals surface area contributed by atoms with Crippen LogP contribution in [0.25, 0.3) is 0 Å². The van der Waals surface area contributed by atoms with E-state index in [4.69, 9.17) is 15.7 Å². The van der Waals surface area contributed by atoms with E-state index in [1.54, 1.807) is 0 Å². The second-order valence-electron chi connectivity index (χ2n) is 6.74. The number of aliphatic imine (C=N–C) groups is 3. The number of nitrogens with zero attached hydrogens (tertiary/aromatic N) is 6. The Bertz CT molecular complexity index is 924. The van der Waals surface area contributed by atoms with Crippen LogP contribution in [0.15, 0.2) is 51.4 Å². The molecule has 0 bridgehead atoms. The third-order valence-electron chi connectivity index (χ3n) is 4.74. The zero-order chi connectivity index (χ0) is 19.0. The molecule has 1 aromatic carbocycles.